The first-order valence-electron chi connectivity index (χ1n) is 5.47. The molecule has 0 bridgehead atoms. The normalized spacial score (nSPS) is 12.5. The van der Waals surface area contributed by atoms with Crippen molar-refractivity contribution in [1.29, 1.82) is 0 Å². The zero-order valence-corrected chi connectivity index (χ0v) is 9.40. The lowest BCUT2D eigenvalue weighted by Gasteiger charge is -2.23. The lowest BCUT2D eigenvalue weighted by molar-refractivity contribution is 0.373. The van der Waals surface area contributed by atoms with Gasteiger partial charge in [0.2, 0.25) is 0 Å². The Morgan fingerprint density at radius 2 is 1.76 bits per heavy atom. The number of benzene rings is 2. The van der Waals surface area contributed by atoms with Gasteiger partial charge in [-0.25, -0.2) is 0 Å². The number of para-hydroxylation sites is 1. The molecule has 17 heavy (non-hydrogen) atoms. The van der Waals surface area contributed by atoms with Gasteiger partial charge in [0.25, 0.3) is 0 Å². The Labute approximate surface area is 98.9 Å². The molecule has 0 spiro atoms. The van der Waals surface area contributed by atoms with E-state index in [0.29, 0.717) is 17.9 Å². The largest absolute Gasteiger partial charge is 0.504 e. The molecule has 0 saturated carbocycles. The molecular formula is C14H12O3. The molecule has 2 aromatic carbocycles. The van der Waals surface area contributed by atoms with Crippen LogP contribution in [0.4, 0.5) is 0 Å². The topological polar surface area (TPSA) is 49.7 Å². The van der Waals surface area contributed by atoms with Gasteiger partial charge >= 0.3 is 0 Å². The molecule has 0 fully saturated rings. The van der Waals surface area contributed by atoms with Gasteiger partial charge < -0.3 is 14.9 Å². The van der Waals surface area contributed by atoms with Gasteiger partial charge in [0, 0.05) is 17.5 Å². The number of rotatable bonds is 0. The van der Waals surface area contributed by atoms with Crippen molar-refractivity contribution in [3.05, 3.63) is 47.0 Å². The van der Waals surface area contributed by atoms with Crippen LogP contribution in [-0.4, -0.2) is 10.2 Å². The maximum absolute atomic E-state index is 9.79. The van der Waals surface area contributed by atoms with E-state index in [1.54, 1.807) is 18.2 Å². The number of hydrogen-bond acceptors (Lipinski definition) is 3. The Bertz CT molecular complexity index is 603. The molecule has 3 heteroatoms. The second-order valence-electron chi connectivity index (χ2n) is 4.25. The molecule has 1 heterocycles. The Morgan fingerprint density at radius 3 is 2.59 bits per heavy atom. The van der Waals surface area contributed by atoms with E-state index in [-0.39, 0.29) is 11.5 Å². The molecular weight excluding hydrogens is 216 g/mol. The summed E-state index contributed by atoms with van der Waals surface area (Å²) >= 11 is 0. The fourth-order valence-corrected chi connectivity index (χ4v) is 2.17. The molecule has 1 aliphatic heterocycles. The van der Waals surface area contributed by atoms with Crippen LogP contribution < -0.4 is 4.74 Å². The summed E-state index contributed by atoms with van der Waals surface area (Å²) < 4.78 is 5.62. The number of phenols is 2. The van der Waals surface area contributed by atoms with Crippen LogP contribution in [0.2, 0.25) is 0 Å². The van der Waals surface area contributed by atoms with Crippen LogP contribution in [0.25, 0.3) is 0 Å². The molecule has 0 aromatic heterocycles. The molecule has 86 valence electrons. The third-order valence-electron chi connectivity index (χ3n) is 3.12. The number of hydrogen-bond donors (Lipinski definition) is 2. The highest BCUT2D eigenvalue weighted by molar-refractivity contribution is 5.60. The van der Waals surface area contributed by atoms with Crippen molar-refractivity contribution in [1.82, 2.24) is 0 Å². The monoisotopic (exact) mass is 228 g/mol. The summed E-state index contributed by atoms with van der Waals surface area (Å²) in [7, 11) is 0. The van der Waals surface area contributed by atoms with E-state index < -0.39 is 0 Å². The van der Waals surface area contributed by atoms with Crippen LogP contribution in [0.1, 0.15) is 16.7 Å². The van der Waals surface area contributed by atoms with Crippen molar-refractivity contribution in [2.24, 2.45) is 0 Å². The van der Waals surface area contributed by atoms with Crippen LogP contribution in [-0.2, 0) is 6.42 Å². The Morgan fingerprint density at radius 1 is 1.00 bits per heavy atom. The number of fused-ring (bicyclic) bond motifs is 2. The molecule has 2 N–H and O–H groups in total. The third-order valence-corrected chi connectivity index (χ3v) is 3.12. The van der Waals surface area contributed by atoms with E-state index in [9.17, 15) is 10.2 Å². The fourth-order valence-electron chi connectivity index (χ4n) is 2.17. The van der Waals surface area contributed by atoms with E-state index in [1.165, 1.54) is 0 Å². The zero-order valence-electron chi connectivity index (χ0n) is 9.40. The maximum Gasteiger partial charge on any atom is 0.173 e. The average Bonchev–Trinajstić information content (AvgIpc) is 2.33. The van der Waals surface area contributed by atoms with Gasteiger partial charge in [-0.2, -0.15) is 0 Å². The van der Waals surface area contributed by atoms with Gasteiger partial charge in [0.15, 0.2) is 23.0 Å². The maximum atomic E-state index is 9.79. The summed E-state index contributed by atoms with van der Waals surface area (Å²) in [4.78, 5) is 0. The Kier molecular flexibility index (Phi) is 2.01. The second-order valence-corrected chi connectivity index (χ2v) is 4.25. The zero-order chi connectivity index (χ0) is 12.0. The second kappa shape index (κ2) is 3.42. The van der Waals surface area contributed by atoms with Crippen molar-refractivity contribution >= 4 is 0 Å². The minimum absolute atomic E-state index is 0.106. The first-order chi connectivity index (χ1) is 8.16. The smallest absolute Gasteiger partial charge is 0.173 e. The van der Waals surface area contributed by atoms with Gasteiger partial charge in [-0.3, -0.25) is 0 Å². The van der Waals surface area contributed by atoms with E-state index in [0.717, 1.165) is 16.7 Å². The minimum Gasteiger partial charge on any atom is -0.504 e. The van der Waals surface area contributed by atoms with Crippen LogP contribution in [0.15, 0.2) is 30.3 Å². The summed E-state index contributed by atoms with van der Waals surface area (Å²) in [5.41, 5.74) is 2.99. The molecule has 0 amide bonds. The number of ether oxygens (including phenoxy) is 1. The average molecular weight is 228 g/mol. The SMILES string of the molecule is Cc1ccc(O)c2c1Cc1cccc(O)c1O2. The molecule has 0 saturated heterocycles. The number of aromatic hydroxyl groups is 2. The van der Waals surface area contributed by atoms with Gasteiger partial charge in [0.05, 0.1) is 0 Å². The summed E-state index contributed by atoms with van der Waals surface area (Å²) in [5.74, 6) is 1.12. The van der Waals surface area contributed by atoms with Crippen LogP contribution >= 0.6 is 0 Å². The van der Waals surface area contributed by atoms with Crippen molar-refractivity contribution in [2.75, 3.05) is 0 Å². The summed E-state index contributed by atoms with van der Waals surface area (Å²) in [5, 5.41) is 19.5. The standard InChI is InChI=1S/C14H12O3/c1-8-5-6-12(16)14-10(8)7-9-3-2-4-11(15)13(9)17-14/h2-6,15-16H,7H2,1H3. The molecule has 0 atom stereocenters. The van der Waals surface area contributed by atoms with Gasteiger partial charge in [-0.1, -0.05) is 18.2 Å². The van der Waals surface area contributed by atoms with Crippen molar-refractivity contribution in [3.63, 3.8) is 0 Å². The van der Waals surface area contributed by atoms with Crippen molar-refractivity contribution in [3.8, 4) is 23.0 Å². The number of aryl methyl sites for hydroxylation is 1. The summed E-state index contributed by atoms with van der Waals surface area (Å²) in [6.07, 6.45) is 0.666. The van der Waals surface area contributed by atoms with Crippen LogP contribution in [0, 0.1) is 6.92 Å². The molecule has 2 aromatic rings. The van der Waals surface area contributed by atoms with Crippen molar-refractivity contribution < 1.29 is 14.9 Å². The summed E-state index contributed by atoms with van der Waals surface area (Å²) in [6.45, 7) is 1.98. The van der Waals surface area contributed by atoms with E-state index >= 15 is 0 Å². The van der Waals surface area contributed by atoms with Gasteiger partial charge in [-0.15, -0.1) is 0 Å². The van der Waals surface area contributed by atoms with E-state index in [4.69, 9.17) is 4.74 Å². The summed E-state index contributed by atoms with van der Waals surface area (Å²) in [6, 6.07) is 8.77. The lowest BCUT2D eigenvalue weighted by Crippen LogP contribution is -2.05. The molecule has 3 nitrogen and oxygen atoms in total. The highest BCUT2D eigenvalue weighted by Gasteiger charge is 2.23. The predicted molar refractivity (Wildman–Crippen MR) is 63.8 cm³/mol. The lowest BCUT2D eigenvalue weighted by atomic mass is 9.96. The van der Waals surface area contributed by atoms with Gasteiger partial charge in [0.1, 0.15) is 0 Å². The van der Waals surface area contributed by atoms with Crippen molar-refractivity contribution in [2.45, 2.75) is 13.3 Å². The fraction of sp³-hybridized carbons (Fsp3) is 0.143. The molecule has 3 rings (SSSR count). The quantitative estimate of drug-likeness (QED) is 0.621. The highest BCUT2D eigenvalue weighted by Crippen LogP contribution is 2.46. The predicted octanol–water partition coefficient (Wildman–Crippen LogP) is 3.10. The molecule has 0 aliphatic carbocycles. The molecule has 0 radical (unpaired) electrons. The third kappa shape index (κ3) is 1.43. The van der Waals surface area contributed by atoms with Crippen LogP contribution in [0.3, 0.4) is 0 Å². The molecule has 1 aliphatic rings. The van der Waals surface area contributed by atoms with Crippen LogP contribution in [0.5, 0.6) is 23.0 Å². The first kappa shape index (κ1) is 10.0. The van der Waals surface area contributed by atoms with E-state index in [1.807, 2.05) is 19.1 Å². The van der Waals surface area contributed by atoms with E-state index in [2.05, 4.69) is 0 Å². The Hall–Kier alpha value is -2.16. The minimum atomic E-state index is 0.106. The first-order valence-corrected chi connectivity index (χ1v) is 5.47. The Balaban J connectivity index is 2.21. The highest BCUT2D eigenvalue weighted by atomic mass is 16.5. The van der Waals surface area contributed by atoms with Gasteiger partial charge in [-0.05, 0) is 24.6 Å². The molecule has 0 unspecified atom stereocenters. The number of phenolic OH excluding ortho intramolecular Hbond substituents is 2.